The summed E-state index contributed by atoms with van der Waals surface area (Å²) < 4.78 is 2.96. The van der Waals surface area contributed by atoms with Crippen molar-refractivity contribution in [2.24, 2.45) is 0 Å². The third-order valence-electron chi connectivity index (χ3n) is 5.44. The number of allylic oxidation sites excluding steroid dienone is 2. The summed E-state index contributed by atoms with van der Waals surface area (Å²) in [4.78, 5) is 25.1. The maximum absolute atomic E-state index is 12.8. The highest BCUT2D eigenvalue weighted by molar-refractivity contribution is 6.30. The minimum absolute atomic E-state index is 0.000508. The summed E-state index contributed by atoms with van der Waals surface area (Å²) >= 11 is 5.94. The lowest BCUT2D eigenvalue weighted by molar-refractivity contribution is -0.121. The molecule has 0 bridgehead atoms. The molecule has 1 aliphatic carbocycles. The summed E-state index contributed by atoms with van der Waals surface area (Å²) in [5, 5.41) is 8.02. The van der Waals surface area contributed by atoms with E-state index in [1.807, 2.05) is 12.1 Å². The average Bonchev–Trinajstić information content (AvgIpc) is 3.20. The van der Waals surface area contributed by atoms with Crippen molar-refractivity contribution < 1.29 is 4.79 Å². The van der Waals surface area contributed by atoms with Gasteiger partial charge in [-0.25, -0.2) is 4.52 Å². The van der Waals surface area contributed by atoms with E-state index in [0.29, 0.717) is 22.8 Å². The molecule has 1 N–H and O–H groups in total. The lowest BCUT2D eigenvalue weighted by Crippen LogP contribution is -2.33. The molecule has 3 aromatic rings. The molecule has 0 atom stereocenters. The number of nitrogens with one attached hydrogen (secondary N) is 1. The molecular weight excluding hydrogens is 400 g/mol. The van der Waals surface area contributed by atoms with Crippen LogP contribution in [0.4, 0.5) is 0 Å². The van der Waals surface area contributed by atoms with Crippen molar-refractivity contribution in [3.63, 3.8) is 0 Å². The first kappa shape index (κ1) is 20.4. The zero-order chi connectivity index (χ0) is 20.9. The van der Waals surface area contributed by atoms with Crippen LogP contribution >= 0.6 is 11.6 Å². The first-order chi connectivity index (χ1) is 14.6. The molecule has 0 unspecified atom stereocenters. The molecule has 2 heterocycles. The smallest absolute Gasteiger partial charge is 0.277 e. The number of nitrogens with zero attached hydrogens (tertiary/aromatic N) is 3. The van der Waals surface area contributed by atoms with E-state index in [1.165, 1.54) is 35.8 Å². The van der Waals surface area contributed by atoms with Crippen LogP contribution in [0.15, 0.2) is 59.2 Å². The Morgan fingerprint density at radius 1 is 1.17 bits per heavy atom. The molecule has 0 radical (unpaired) electrons. The Hall–Kier alpha value is -2.86. The van der Waals surface area contributed by atoms with Crippen molar-refractivity contribution in [1.82, 2.24) is 19.5 Å². The van der Waals surface area contributed by atoms with Gasteiger partial charge in [0.2, 0.25) is 5.91 Å². The monoisotopic (exact) mass is 424 g/mol. The second-order valence-electron chi connectivity index (χ2n) is 7.66. The number of hydrogen-bond donors (Lipinski definition) is 1. The molecule has 0 spiro atoms. The first-order valence-corrected chi connectivity index (χ1v) is 10.8. The van der Waals surface area contributed by atoms with Crippen LogP contribution in [0.3, 0.4) is 0 Å². The van der Waals surface area contributed by atoms with Gasteiger partial charge in [0, 0.05) is 29.5 Å². The maximum atomic E-state index is 12.8. The van der Waals surface area contributed by atoms with Gasteiger partial charge < -0.3 is 9.88 Å². The molecule has 6 nitrogen and oxygen atoms in total. The minimum Gasteiger partial charge on any atom is -0.355 e. The summed E-state index contributed by atoms with van der Waals surface area (Å²) in [5.74, 6) is -0.156. The lowest BCUT2D eigenvalue weighted by atomic mass is 9.96. The summed E-state index contributed by atoms with van der Waals surface area (Å²) in [7, 11) is 0. The normalized spacial score (nSPS) is 14.0. The van der Waals surface area contributed by atoms with Crippen LogP contribution in [0.25, 0.3) is 16.8 Å². The van der Waals surface area contributed by atoms with E-state index in [2.05, 4.69) is 16.5 Å². The van der Waals surface area contributed by atoms with Gasteiger partial charge in [-0.2, -0.15) is 5.10 Å². The number of fused-ring (bicyclic) bond motifs is 1. The zero-order valence-corrected chi connectivity index (χ0v) is 17.6. The van der Waals surface area contributed by atoms with Crippen LogP contribution in [0.5, 0.6) is 0 Å². The summed E-state index contributed by atoms with van der Waals surface area (Å²) in [5.41, 5.74) is 3.25. The van der Waals surface area contributed by atoms with Crippen LogP contribution < -0.4 is 10.9 Å². The second kappa shape index (κ2) is 9.30. The van der Waals surface area contributed by atoms with Crippen molar-refractivity contribution in [1.29, 1.82) is 0 Å². The molecule has 156 valence electrons. The summed E-state index contributed by atoms with van der Waals surface area (Å²) in [6, 6.07) is 9.03. The Kier molecular flexibility index (Phi) is 6.33. The number of carbonyl (C=O) groups excluding carboxylic acids is 1. The van der Waals surface area contributed by atoms with Gasteiger partial charge >= 0.3 is 0 Å². The lowest BCUT2D eigenvalue weighted by Gasteiger charge is -2.12. The fourth-order valence-electron chi connectivity index (χ4n) is 3.80. The average molecular weight is 425 g/mol. The highest BCUT2D eigenvalue weighted by atomic mass is 35.5. The van der Waals surface area contributed by atoms with E-state index >= 15 is 0 Å². The topological polar surface area (TPSA) is 68.4 Å². The molecule has 30 heavy (non-hydrogen) atoms. The first-order valence-electron chi connectivity index (χ1n) is 10.4. The van der Waals surface area contributed by atoms with Gasteiger partial charge in [0.15, 0.2) is 0 Å². The molecule has 1 aliphatic rings. The summed E-state index contributed by atoms with van der Waals surface area (Å²) in [6.07, 6.45) is 12.5. The molecule has 1 aromatic carbocycles. The van der Waals surface area contributed by atoms with Gasteiger partial charge in [-0.3, -0.25) is 9.59 Å². The molecule has 0 aliphatic heterocycles. The van der Waals surface area contributed by atoms with Crippen molar-refractivity contribution in [3.8, 4) is 11.3 Å². The highest BCUT2D eigenvalue weighted by Gasteiger charge is 2.11. The van der Waals surface area contributed by atoms with Crippen LogP contribution in [-0.2, 0) is 11.3 Å². The van der Waals surface area contributed by atoms with Crippen molar-refractivity contribution in [3.05, 3.63) is 69.8 Å². The minimum atomic E-state index is -0.243. The van der Waals surface area contributed by atoms with E-state index in [1.54, 1.807) is 35.1 Å². The van der Waals surface area contributed by atoms with Gasteiger partial charge in [-0.1, -0.05) is 35.4 Å². The molecule has 0 fully saturated rings. The SMILES string of the molecule is O=C(Cn1ccn2nc(-c3ccc(Cl)cc3)cc2c1=O)NCCCC1=CCCCC1. The fourth-order valence-corrected chi connectivity index (χ4v) is 3.92. The van der Waals surface area contributed by atoms with Crippen LogP contribution in [0, 0.1) is 0 Å². The van der Waals surface area contributed by atoms with E-state index < -0.39 is 0 Å². The third-order valence-corrected chi connectivity index (χ3v) is 5.69. The molecule has 0 saturated carbocycles. The number of benzene rings is 1. The van der Waals surface area contributed by atoms with E-state index in [-0.39, 0.29) is 18.0 Å². The Balaban J connectivity index is 1.38. The van der Waals surface area contributed by atoms with Gasteiger partial charge in [-0.05, 0) is 56.7 Å². The number of hydrogen-bond acceptors (Lipinski definition) is 3. The van der Waals surface area contributed by atoms with E-state index in [4.69, 9.17) is 11.6 Å². The Morgan fingerprint density at radius 3 is 2.77 bits per heavy atom. The highest BCUT2D eigenvalue weighted by Crippen LogP contribution is 2.21. The van der Waals surface area contributed by atoms with E-state index in [0.717, 1.165) is 18.4 Å². The van der Waals surface area contributed by atoms with Gasteiger partial charge in [0.25, 0.3) is 5.56 Å². The number of carbonyl (C=O) groups is 1. The molecule has 1 amide bonds. The van der Waals surface area contributed by atoms with Crippen molar-refractivity contribution >= 4 is 23.0 Å². The number of rotatable bonds is 7. The Morgan fingerprint density at radius 2 is 2.00 bits per heavy atom. The molecule has 4 rings (SSSR count). The summed E-state index contributed by atoms with van der Waals surface area (Å²) in [6.45, 7) is 0.625. The predicted molar refractivity (Wildman–Crippen MR) is 119 cm³/mol. The van der Waals surface area contributed by atoms with Gasteiger partial charge in [0.1, 0.15) is 12.1 Å². The van der Waals surface area contributed by atoms with E-state index in [9.17, 15) is 9.59 Å². The molecule has 2 aromatic heterocycles. The third kappa shape index (κ3) is 4.82. The number of halogens is 1. The van der Waals surface area contributed by atoms with Crippen LogP contribution in [0.2, 0.25) is 5.02 Å². The quantitative estimate of drug-likeness (QED) is 0.456. The number of amides is 1. The van der Waals surface area contributed by atoms with Crippen LogP contribution in [0.1, 0.15) is 38.5 Å². The molecule has 7 heteroatoms. The zero-order valence-electron chi connectivity index (χ0n) is 16.8. The predicted octanol–water partition coefficient (Wildman–Crippen LogP) is 4.21. The Bertz CT molecular complexity index is 1130. The molecule has 0 saturated heterocycles. The standard InChI is InChI=1S/C23H25ClN4O2/c24-19-10-8-18(9-11-19)20-15-21-23(30)27(13-14-28(21)26-20)16-22(29)25-12-4-7-17-5-2-1-3-6-17/h5,8-11,13-15H,1-4,6-7,12,16H2,(H,25,29). The van der Waals surface area contributed by atoms with Gasteiger partial charge in [-0.15, -0.1) is 0 Å². The van der Waals surface area contributed by atoms with Gasteiger partial charge in [0.05, 0.1) is 5.69 Å². The maximum Gasteiger partial charge on any atom is 0.277 e. The van der Waals surface area contributed by atoms with Crippen molar-refractivity contribution in [2.75, 3.05) is 6.54 Å². The Labute approximate surface area is 180 Å². The van der Waals surface area contributed by atoms with Crippen molar-refractivity contribution in [2.45, 2.75) is 45.1 Å². The second-order valence-corrected chi connectivity index (χ2v) is 8.10. The van der Waals surface area contributed by atoms with Crippen LogP contribution in [-0.4, -0.2) is 26.6 Å². The molecular formula is C23H25ClN4O2. The number of aromatic nitrogens is 3. The largest absolute Gasteiger partial charge is 0.355 e. The fraction of sp³-hybridized carbons (Fsp3) is 0.348.